The van der Waals surface area contributed by atoms with Crippen LogP contribution in [0.1, 0.15) is 44.3 Å². The van der Waals surface area contributed by atoms with Gasteiger partial charge in [-0.05, 0) is 33.1 Å². The van der Waals surface area contributed by atoms with E-state index in [1.54, 1.807) is 22.6 Å². The minimum absolute atomic E-state index is 0.169. The third-order valence-corrected chi connectivity index (χ3v) is 7.12. The van der Waals surface area contributed by atoms with Crippen LogP contribution in [0.3, 0.4) is 0 Å². The van der Waals surface area contributed by atoms with Crippen molar-refractivity contribution in [2.75, 3.05) is 25.4 Å². The SMILES string of the molecule is CCNC(=NCc1csc(CC)n1)NC1CCN(S(=O)(=O)CC)CC1. The molecule has 0 spiro atoms. The van der Waals surface area contributed by atoms with Crippen LogP contribution in [-0.2, 0) is 23.0 Å². The van der Waals surface area contributed by atoms with E-state index in [1.807, 2.05) is 6.92 Å². The fourth-order valence-electron chi connectivity index (χ4n) is 2.72. The molecule has 0 amide bonds. The quantitative estimate of drug-likeness (QED) is 0.548. The molecule has 2 rings (SSSR count). The minimum atomic E-state index is -3.08. The molecular formula is C16H29N5O2S2. The number of rotatable bonds is 7. The molecule has 1 fully saturated rings. The predicted molar refractivity (Wildman–Crippen MR) is 103 cm³/mol. The van der Waals surface area contributed by atoms with Gasteiger partial charge in [0.05, 0.1) is 23.0 Å². The standard InChI is InChI=1S/C16H29N5O2S2/c1-4-15-19-14(12-24-15)11-18-16(17-5-2)20-13-7-9-21(10-8-13)25(22,23)6-3/h12-13H,4-11H2,1-3H3,(H2,17,18,20). The largest absolute Gasteiger partial charge is 0.357 e. The van der Waals surface area contributed by atoms with Gasteiger partial charge in [0.15, 0.2) is 5.96 Å². The fraction of sp³-hybridized carbons (Fsp3) is 0.750. The summed E-state index contributed by atoms with van der Waals surface area (Å²) >= 11 is 1.67. The van der Waals surface area contributed by atoms with E-state index < -0.39 is 10.0 Å². The van der Waals surface area contributed by atoms with Crippen LogP contribution >= 0.6 is 11.3 Å². The van der Waals surface area contributed by atoms with Gasteiger partial charge >= 0.3 is 0 Å². The first-order valence-electron chi connectivity index (χ1n) is 8.94. The van der Waals surface area contributed by atoms with Gasteiger partial charge in [0.1, 0.15) is 0 Å². The molecule has 142 valence electrons. The molecule has 0 atom stereocenters. The number of sulfonamides is 1. The summed E-state index contributed by atoms with van der Waals surface area (Å²) in [5, 5.41) is 9.87. The van der Waals surface area contributed by atoms with Crippen LogP contribution in [0.2, 0.25) is 0 Å². The Morgan fingerprint density at radius 3 is 2.64 bits per heavy atom. The van der Waals surface area contributed by atoms with E-state index in [4.69, 9.17) is 0 Å². The zero-order valence-electron chi connectivity index (χ0n) is 15.3. The van der Waals surface area contributed by atoms with Crippen LogP contribution < -0.4 is 10.6 Å². The van der Waals surface area contributed by atoms with Crippen LogP contribution in [0.5, 0.6) is 0 Å². The molecule has 7 nitrogen and oxygen atoms in total. The third-order valence-electron chi connectivity index (χ3n) is 4.20. The molecule has 1 saturated heterocycles. The van der Waals surface area contributed by atoms with E-state index in [9.17, 15) is 8.42 Å². The molecule has 0 aromatic carbocycles. The van der Waals surface area contributed by atoms with E-state index in [1.165, 1.54) is 0 Å². The van der Waals surface area contributed by atoms with Crippen molar-refractivity contribution in [2.45, 2.75) is 52.6 Å². The first-order valence-corrected chi connectivity index (χ1v) is 11.4. The summed E-state index contributed by atoms with van der Waals surface area (Å²) in [6, 6.07) is 0.239. The van der Waals surface area contributed by atoms with Crippen molar-refractivity contribution in [2.24, 2.45) is 4.99 Å². The molecule has 2 N–H and O–H groups in total. The molecule has 1 aliphatic heterocycles. The molecule has 9 heteroatoms. The Bertz CT molecular complexity index is 664. The number of piperidine rings is 1. The Labute approximate surface area is 155 Å². The summed E-state index contributed by atoms with van der Waals surface area (Å²) in [6.45, 7) is 8.30. The number of nitrogens with zero attached hydrogens (tertiary/aromatic N) is 3. The highest BCUT2D eigenvalue weighted by Gasteiger charge is 2.26. The van der Waals surface area contributed by atoms with Gasteiger partial charge in [-0.3, -0.25) is 0 Å². The van der Waals surface area contributed by atoms with Crippen LogP contribution in [0.4, 0.5) is 0 Å². The zero-order chi connectivity index (χ0) is 18.3. The van der Waals surface area contributed by atoms with Crippen molar-refractivity contribution >= 4 is 27.3 Å². The van der Waals surface area contributed by atoms with Crippen molar-refractivity contribution in [3.8, 4) is 0 Å². The van der Waals surface area contributed by atoms with E-state index in [-0.39, 0.29) is 11.8 Å². The summed E-state index contributed by atoms with van der Waals surface area (Å²) in [4.78, 5) is 9.15. The van der Waals surface area contributed by atoms with Crippen LogP contribution in [0.15, 0.2) is 10.4 Å². The van der Waals surface area contributed by atoms with Crippen LogP contribution in [0.25, 0.3) is 0 Å². The summed E-state index contributed by atoms with van der Waals surface area (Å²) in [5.41, 5.74) is 0.989. The molecule has 0 saturated carbocycles. The van der Waals surface area contributed by atoms with Gasteiger partial charge in [-0.1, -0.05) is 6.92 Å². The number of hydrogen-bond acceptors (Lipinski definition) is 5. The van der Waals surface area contributed by atoms with Gasteiger partial charge < -0.3 is 10.6 Å². The average Bonchev–Trinajstić information content (AvgIpc) is 3.08. The van der Waals surface area contributed by atoms with Gasteiger partial charge in [-0.15, -0.1) is 11.3 Å². The molecule has 1 aliphatic rings. The highest BCUT2D eigenvalue weighted by molar-refractivity contribution is 7.89. The number of aryl methyl sites for hydroxylation is 1. The molecule has 1 aromatic heterocycles. The predicted octanol–water partition coefficient (Wildman–Crippen LogP) is 1.57. The Kier molecular flexibility index (Phi) is 7.64. The van der Waals surface area contributed by atoms with Gasteiger partial charge in [-0.2, -0.15) is 0 Å². The second-order valence-corrected chi connectivity index (χ2v) is 9.20. The maximum absolute atomic E-state index is 11.9. The number of aromatic nitrogens is 1. The second kappa shape index (κ2) is 9.49. The van der Waals surface area contributed by atoms with E-state index in [2.05, 4.69) is 32.9 Å². The number of aliphatic imine (C=N–C) groups is 1. The number of nitrogens with one attached hydrogen (secondary N) is 2. The molecule has 0 aliphatic carbocycles. The van der Waals surface area contributed by atoms with Gasteiger partial charge in [-0.25, -0.2) is 22.7 Å². The molecule has 0 radical (unpaired) electrons. The molecule has 25 heavy (non-hydrogen) atoms. The van der Waals surface area contributed by atoms with Crippen LogP contribution in [0, 0.1) is 0 Å². The van der Waals surface area contributed by atoms with Crippen molar-refractivity contribution in [1.82, 2.24) is 19.9 Å². The molecule has 0 unspecified atom stereocenters. The summed E-state index contributed by atoms with van der Waals surface area (Å²) in [6.07, 6.45) is 2.53. The highest BCUT2D eigenvalue weighted by atomic mass is 32.2. The molecular weight excluding hydrogens is 358 g/mol. The fourth-order valence-corrected chi connectivity index (χ4v) is 4.59. The lowest BCUT2D eigenvalue weighted by molar-refractivity contribution is 0.306. The monoisotopic (exact) mass is 387 g/mol. The normalized spacial score (nSPS) is 17.6. The maximum Gasteiger partial charge on any atom is 0.213 e. The van der Waals surface area contributed by atoms with E-state index in [0.29, 0.717) is 19.6 Å². The van der Waals surface area contributed by atoms with Crippen molar-refractivity contribution in [1.29, 1.82) is 0 Å². The average molecular weight is 388 g/mol. The lowest BCUT2D eigenvalue weighted by atomic mass is 10.1. The van der Waals surface area contributed by atoms with Crippen molar-refractivity contribution in [3.63, 3.8) is 0 Å². The first-order chi connectivity index (χ1) is 12.0. The van der Waals surface area contributed by atoms with Crippen molar-refractivity contribution < 1.29 is 8.42 Å². The number of guanidine groups is 1. The summed E-state index contributed by atoms with van der Waals surface area (Å²) in [5.74, 6) is 0.938. The van der Waals surface area contributed by atoms with E-state index in [0.717, 1.165) is 42.5 Å². The third kappa shape index (κ3) is 5.93. The lowest BCUT2D eigenvalue weighted by Gasteiger charge is -2.32. The Balaban J connectivity index is 1.90. The minimum Gasteiger partial charge on any atom is -0.357 e. The first kappa shape index (κ1) is 20.1. The smallest absolute Gasteiger partial charge is 0.213 e. The molecule has 0 bridgehead atoms. The van der Waals surface area contributed by atoms with E-state index >= 15 is 0 Å². The van der Waals surface area contributed by atoms with Crippen molar-refractivity contribution in [3.05, 3.63) is 16.1 Å². The zero-order valence-corrected chi connectivity index (χ0v) is 16.9. The van der Waals surface area contributed by atoms with Gasteiger partial charge in [0, 0.05) is 31.1 Å². The maximum atomic E-state index is 11.9. The summed E-state index contributed by atoms with van der Waals surface area (Å²) < 4.78 is 25.5. The lowest BCUT2D eigenvalue weighted by Crippen LogP contribution is -2.50. The topological polar surface area (TPSA) is 86.7 Å². The summed E-state index contributed by atoms with van der Waals surface area (Å²) in [7, 11) is -3.08. The Morgan fingerprint density at radius 2 is 2.08 bits per heavy atom. The highest BCUT2D eigenvalue weighted by Crippen LogP contribution is 2.15. The molecule has 1 aromatic rings. The Hall–Kier alpha value is -1.19. The number of thiazole rings is 1. The van der Waals surface area contributed by atoms with Crippen LogP contribution in [-0.4, -0.2) is 55.1 Å². The van der Waals surface area contributed by atoms with Gasteiger partial charge in [0.2, 0.25) is 10.0 Å². The number of hydrogen-bond donors (Lipinski definition) is 2. The molecule has 2 heterocycles. The Morgan fingerprint density at radius 1 is 1.36 bits per heavy atom. The second-order valence-electron chi connectivity index (χ2n) is 6.00. The van der Waals surface area contributed by atoms with Gasteiger partial charge in [0.25, 0.3) is 0 Å².